The van der Waals surface area contributed by atoms with Gasteiger partial charge in [0.1, 0.15) is 52.3 Å². The Morgan fingerprint density at radius 3 is 1.16 bits per heavy atom. The Hall–Kier alpha value is -11.9. The quantitative estimate of drug-likeness (QED) is 0.0556. The number of carbonyl (C=O) groups excluding carboxylic acids is 1. The van der Waals surface area contributed by atoms with Gasteiger partial charge in [0, 0.05) is 226 Å². The van der Waals surface area contributed by atoms with Gasteiger partial charge in [-0.1, -0.05) is 12.8 Å². The van der Waals surface area contributed by atoms with Crippen LogP contribution < -0.4 is 29.5 Å². The Labute approximate surface area is 748 Å². The number of nitriles is 3. The average molecular weight is 1880 g/mol. The highest BCUT2D eigenvalue weighted by Crippen LogP contribution is 2.43. The van der Waals surface area contributed by atoms with Crippen LogP contribution in [0.1, 0.15) is 76.0 Å². The van der Waals surface area contributed by atoms with E-state index in [1.807, 2.05) is 95.5 Å². The number of nitrogens with zero attached hydrogens (tertiary/aromatic N) is 23. The highest BCUT2D eigenvalue weighted by molar-refractivity contribution is 9.10. The van der Waals surface area contributed by atoms with Crippen LogP contribution in [0.4, 0.5) is 39.8 Å². The Balaban J connectivity index is 0.000000122. The topological polar surface area (TPSA) is 335 Å². The van der Waals surface area contributed by atoms with Gasteiger partial charge < -0.3 is 39.2 Å². The standard InChI is InChI=1S/C24H23N7.C23H22N8.C13H8F3N5O3S.C12H15BrN2.C11H20N2O2.C5H3BrFN.ClH/c1-29-12-21(11-27-29)19-7-22(24-20(8-25)10-28-31(24)15-19)16-5-6-23(26-9-16)30-13-17-3-2-4-18(17)14-30;1-29-11-20(10-27-29)16-4-21(23-17(5-24)9-28-31(23)14-16)15-2-3-22(26-8-15)30-12-18-6-25-7-19(18)13-30;1-20-6-10(5-18-20)8-2-11(24-25(22,23)13(14,15)16)12-9(3-17)4-19-21(12)7-8;13-11-4-5-12(14-6-11)15-7-9-2-1-3-10(9)8-15;1-11(2,3)15-10(14)13-6-8-4-12-5-9(8)7-13;6-4-1-2-5(7)8-3-4;/h5-7,9-12,15,17-18H,2-4,13-14H2,1H3;2-4,8-11,14,18-19,25H,6-7,12-13H2,1H3;2,4-7H,1H3;4-6,9-10H,1-3,7-8H2;8-9,12H,4-7H2,1-3H3;1-3H;1H/t17-,18+;18-,19+;;9-,10+;8-,9+;;. The third kappa shape index (κ3) is 20.0. The summed E-state index contributed by atoms with van der Waals surface area (Å²) in [5.41, 5.74) is 5.04. The SMILES string of the molecule is Brc1ccc(N2C[C@H]3CCC[C@H]3C2)nc1.CC(C)(C)OC(=O)N1C[C@H]2CNC[C@H]2C1.Cl.Cn1cc(-c2cc(-c3ccc(N4C[C@H]5CCC[C@H]5C4)nc3)c3c(C#N)cnn3c2)cn1.Cn1cc(-c2cc(-c3ccc(N4C[C@H]5CNC[C@H]5C4)nc3)c3c(C#N)cnn3c2)cn1.Cn1cc(-c2cc(OS(=O)(=O)C(F)(F)F)c3c(C#N)cnn3c2)cn1.Fc1ccc(Br)cn1. The zero-order chi connectivity index (χ0) is 87.6. The van der Waals surface area contributed by atoms with E-state index >= 15 is 0 Å². The lowest BCUT2D eigenvalue weighted by molar-refractivity contribution is -0.0499. The smallest absolute Gasteiger partial charge is 0.444 e. The van der Waals surface area contributed by atoms with E-state index in [2.05, 4.69) is 163 Å². The molecule has 0 bridgehead atoms. The first-order valence-electron chi connectivity index (χ1n) is 41.3. The minimum atomic E-state index is -5.91. The Bertz CT molecular complexity index is 6040. The van der Waals surface area contributed by atoms with E-state index in [-0.39, 0.29) is 35.2 Å². The number of rotatable bonds is 10. The predicted octanol–water partition coefficient (Wildman–Crippen LogP) is 14.6. The first-order chi connectivity index (χ1) is 60.1. The van der Waals surface area contributed by atoms with Crippen molar-refractivity contribution >= 4 is 94.5 Å². The van der Waals surface area contributed by atoms with Gasteiger partial charge in [0.2, 0.25) is 5.95 Å². The van der Waals surface area contributed by atoms with Gasteiger partial charge in [-0.3, -0.25) is 14.0 Å². The molecule has 8 fully saturated rings. The number of hydrogen-bond donors (Lipinski definition) is 2. The fourth-order valence-corrected chi connectivity index (χ4v) is 18.9. The van der Waals surface area contributed by atoms with Gasteiger partial charge in [0.05, 0.1) is 59.3 Å². The molecule has 6 saturated heterocycles. The van der Waals surface area contributed by atoms with Crippen LogP contribution >= 0.6 is 44.3 Å². The van der Waals surface area contributed by atoms with E-state index in [1.54, 1.807) is 56.2 Å². The minimum absolute atomic E-state index is 0. The second kappa shape index (κ2) is 37.7. The largest absolute Gasteiger partial charge is 0.534 e. The van der Waals surface area contributed by atoms with Crippen LogP contribution in [0.25, 0.3) is 72.2 Å². The zero-order valence-electron chi connectivity index (χ0n) is 69.8. The lowest BCUT2D eigenvalue weighted by Gasteiger charge is -2.24. The molecule has 8 aliphatic rings. The summed E-state index contributed by atoms with van der Waals surface area (Å²) in [5, 5.41) is 60.3. The van der Waals surface area contributed by atoms with Crippen molar-refractivity contribution < 1.29 is 39.7 Å². The van der Waals surface area contributed by atoms with Gasteiger partial charge in [-0.05, 0) is 192 Å². The Morgan fingerprint density at radius 1 is 0.452 bits per heavy atom. The number of fused-ring (bicyclic) bond motifs is 7. The molecule has 2 aliphatic carbocycles. The van der Waals surface area contributed by atoms with E-state index < -0.39 is 27.3 Å². The highest BCUT2D eigenvalue weighted by atomic mass is 79.9. The molecule has 1 amide bonds. The summed E-state index contributed by atoms with van der Waals surface area (Å²) in [6.45, 7) is 18.5. The first kappa shape index (κ1) is 88.9. The number of amides is 1. The van der Waals surface area contributed by atoms with E-state index in [9.17, 15) is 41.3 Å². The van der Waals surface area contributed by atoms with Gasteiger partial charge in [-0.25, -0.2) is 38.3 Å². The normalized spacial score (nSPS) is 20.2. The molecular weight excluding hydrogens is 1790 g/mol. The number of aryl methyl sites for hydroxylation is 3. The van der Waals surface area contributed by atoms with Gasteiger partial charge in [0.15, 0.2) is 5.75 Å². The maximum Gasteiger partial charge on any atom is 0.534 e. The van der Waals surface area contributed by atoms with E-state index in [4.69, 9.17) is 20.0 Å². The molecule has 0 spiro atoms. The third-order valence-corrected chi connectivity index (χ3v) is 26.0. The van der Waals surface area contributed by atoms with Crippen molar-refractivity contribution in [3.05, 3.63) is 197 Å². The number of pyridine rings is 7. The number of likely N-dealkylation sites (tertiary alicyclic amines) is 1. The summed E-state index contributed by atoms with van der Waals surface area (Å²) in [6, 6.07) is 27.1. The molecule has 21 rings (SSSR count). The van der Waals surface area contributed by atoms with Crippen molar-refractivity contribution in [3.63, 3.8) is 0 Å². The summed E-state index contributed by atoms with van der Waals surface area (Å²) in [7, 11) is -0.475. The third-order valence-electron chi connectivity index (χ3n) is 24.1. The summed E-state index contributed by atoms with van der Waals surface area (Å²) in [4.78, 5) is 38.3. The molecule has 0 unspecified atom stereocenters. The molecule has 13 aromatic heterocycles. The van der Waals surface area contributed by atoms with Crippen LogP contribution in [0.15, 0.2) is 175 Å². The molecule has 30 nitrogen and oxygen atoms in total. The lowest BCUT2D eigenvalue weighted by atomic mass is 10.0. The van der Waals surface area contributed by atoms with Crippen LogP contribution in [0.5, 0.6) is 5.75 Å². The first-order valence-corrected chi connectivity index (χ1v) is 44.3. The van der Waals surface area contributed by atoms with Gasteiger partial charge >= 0.3 is 21.7 Å². The number of halogens is 7. The number of anilines is 3. The number of nitrogens with one attached hydrogen (secondary N) is 2. The molecule has 6 aliphatic heterocycles. The molecule has 38 heteroatoms. The summed E-state index contributed by atoms with van der Waals surface area (Å²) < 4.78 is 93.7. The average Bonchev–Trinajstić information content (AvgIpc) is 1.63. The molecule has 0 aromatic carbocycles. The summed E-state index contributed by atoms with van der Waals surface area (Å²) >= 11 is 6.54. The van der Waals surface area contributed by atoms with Crippen LogP contribution in [-0.4, -0.2) is 187 Å². The Kier molecular flexibility index (Phi) is 26.6. The number of aromatic nitrogens is 16. The van der Waals surface area contributed by atoms with Crippen molar-refractivity contribution in [1.82, 2.24) is 93.7 Å². The van der Waals surface area contributed by atoms with Gasteiger partial charge in [-0.2, -0.15) is 72.4 Å². The van der Waals surface area contributed by atoms with Crippen molar-refractivity contribution in [1.29, 1.82) is 15.8 Å². The number of hydrogen-bond acceptors (Lipinski definition) is 23. The fourth-order valence-electron chi connectivity index (χ4n) is 18.0. The molecule has 8 atom stereocenters. The molecule has 2 saturated carbocycles. The van der Waals surface area contributed by atoms with Gasteiger partial charge in [-0.15, -0.1) is 12.4 Å². The summed E-state index contributed by atoms with van der Waals surface area (Å²) in [5.74, 6) is 8.38. The van der Waals surface area contributed by atoms with E-state index in [0.717, 1.165) is 200 Å². The Morgan fingerprint density at radius 2 is 0.817 bits per heavy atom. The second-order valence-electron chi connectivity index (χ2n) is 33.8. The molecule has 0 radical (unpaired) electrons. The predicted molar refractivity (Wildman–Crippen MR) is 475 cm³/mol. The lowest BCUT2D eigenvalue weighted by Crippen LogP contribution is -2.36. The highest BCUT2D eigenvalue weighted by Gasteiger charge is 2.49. The maximum atomic E-state index is 12.6. The van der Waals surface area contributed by atoms with Crippen molar-refractivity contribution in [2.75, 3.05) is 93.2 Å². The van der Waals surface area contributed by atoms with Crippen LogP contribution in [0.3, 0.4) is 0 Å². The fraction of sp³-hybridized carbons (Fsp3) is 0.386. The van der Waals surface area contributed by atoms with E-state index in [0.29, 0.717) is 34.1 Å². The van der Waals surface area contributed by atoms with Crippen LogP contribution in [0.2, 0.25) is 0 Å². The number of alkyl halides is 3. The van der Waals surface area contributed by atoms with Crippen LogP contribution in [-0.2, 0) is 36.0 Å². The number of carbonyl (C=O) groups is 1. The van der Waals surface area contributed by atoms with Crippen molar-refractivity contribution in [3.8, 4) is 79.6 Å². The number of ether oxygens (including phenoxy) is 1. The monoisotopic (exact) mass is 1880 g/mol. The minimum Gasteiger partial charge on any atom is -0.444 e. The molecule has 654 valence electrons. The van der Waals surface area contributed by atoms with Crippen molar-refractivity contribution in [2.24, 2.45) is 68.5 Å². The second-order valence-corrected chi connectivity index (χ2v) is 37.1. The molecule has 19 heterocycles. The molecular formula is C88H92Br2ClF4N25O5S. The molecule has 13 aromatic rings. The van der Waals surface area contributed by atoms with Crippen LogP contribution in [0, 0.1) is 87.3 Å². The maximum absolute atomic E-state index is 12.6. The van der Waals surface area contributed by atoms with Gasteiger partial charge in [0.25, 0.3) is 0 Å². The van der Waals surface area contributed by atoms with E-state index in [1.165, 1.54) is 81.0 Å². The summed E-state index contributed by atoms with van der Waals surface area (Å²) in [6.07, 6.45) is 35.6. The molecule has 2 N–H and O–H groups in total. The zero-order valence-corrected chi connectivity index (χ0v) is 74.7. The molecule has 126 heavy (non-hydrogen) atoms. The van der Waals surface area contributed by atoms with Crippen molar-refractivity contribution in [2.45, 2.75) is 70.4 Å².